The van der Waals surface area contributed by atoms with Crippen LogP contribution >= 0.6 is 23.2 Å². The molecule has 3 nitrogen and oxygen atoms in total. The molecule has 0 saturated heterocycles. The second-order valence-corrected chi connectivity index (χ2v) is 5.46. The average molecular weight is 311 g/mol. The van der Waals surface area contributed by atoms with Crippen LogP contribution in [-0.2, 0) is 0 Å². The second-order valence-electron chi connectivity index (χ2n) is 4.65. The van der Waals surface area contributed by atoms with Gasteiger partial charge in [0.25, 0.3) is 0 Å². The molecule has 2 aromatic carbocycles. The van der Waals surface area contributed by atoms with Crippen molar-refractivity contribution in [3.05, 3.63) is 57.1 Å². The van der Waals surface area contributed by atoms with Crippen molar-refractivity contribution in [1.82, 2.24) is 0 Å². The van der Waals surface area contributed by atoms with E-state index in [2.05, 4.69) is 0 Å². The molecule has 5 heteroatoms. The Bertz CT molecular complexity index is 670. The van der Waals surface area contributed by atoms with E-state index in [-0.39, 0.29) is 6.79 Å². The molecular weight excluding hydrogens is 299 g/mol. The summed E-state index contributed by atoms with van der Waals surface area (Å²) >= 11 is 12.2. The van der Waals surface area contributed by atoms with E-state index < -0.39 is 6.10 Å². The van der Waals surface area contributed by atoms with Crippen molar-refractivity contribution in [3.8, 4) is 11.5 Å². The molecule has 0 aromatic heterocycles. The maximum atomic E-state index is 10.4. The number of aliphatic hydroxyl groups excluding tert-OH is 1. The Kier molecular flexibility index (Phi) is 3.50. The first-order valence-corrected chi connectivity index (χ1v) is 6.85. The van der Waals surface area contributed by atoms with Gasteiger partial charge in [0.1, 0.15) is 6.10 Å². The second kappa shape index (κ2) is 5.17. The third-order valence-electron chi connectivity index (χ3n) is 3.28. The summed E-state index contributed by atoms with van der Waals surface area (Å²) in [5.41, 5.74) is 2.31. The van der Waals surface area contributed by atoms with Gasteiger partial charge in [0.2, 0.25) is 6.79 Å². The summed E-state index contributed by atoms with van der Waals surface area (Å²) in [6.45, 7) is 2.06. The molecule has 1 aliphatic rings. The van der Waals surface area contributed by atoms with Crippen molar-refractivity contribution in [3.63, 3.8) is 0 Å². The van der Waals surface area contributed by atoms with Gasteiger partial charge in [0.15, 0.2) is 11.5 Å². The lowest BCUT2D eigenvalue weighted by Gasteiger charge is -2.14. The normalized spacial score (nSPS) is 14.4. The van der Waals surface area contributed by atoms with Crippen molar-refractivity contribution >= 4 is 23.2 Å². The molecule has 0 aliphatic carbocycles. The van der Waals surface area contributed by atoms with Crippen LogP contribution in [0.1, 0.15) is 22.8 Å². The summed E-state index contributed by atoms with van der Waals surface area (Å²) in [7, 11) is 0. The van der Waals surface area contributed by atoms with Crippen LogP contribution in [0.2, 0.25) is 10.0 Å². The van der Waals surface area contributed by atoms with Gasteiger partial charge < -0.3 is 14.6 Å². The van der Waals surface area contributed by atoms with Gasteiger partial charge in [-0.15, -0.1) is 0 Å². The summed E-state index contributed by atoms with van der Waals surface area (Å²) < 4.78 is 10.6. The maximum absolute atomic E-state index is 10.4. The molecule has 1 aliphatic heterocycles. The van der Waals surface area contributed by atoms with Crippen LogP contribution in [0.15, 0.2) is 30.3 Å². The van der Waals surface area contributed by atoms with Crippen LogP contribution in [0.4, 0.5) is 0 Å². The van der Waals surface area contributed by atoms with Crippen LogP contribution in [0.3, 0.4) is 0 Å². The van der Waals surface area contributed by atoms with E-state index in [0.29, 0.717) is 32.7 Å². The zero-order valence-electron chi connectivity index (χ0n) is 10.7. The molecule has 0 fully saturated rings. The van der Waals surface area contributed by atoms with E-state index >= 15 is 0 Å². The van der Waals surface area contributed by atoms with Gasteiger partial charge in [-0.25, -0.2) is 0 Å². The largest absolute Gasteiger partial charge is 0.454 e. The molecule has 0 radical (unpaired) electrons. The van der Waals surface area contributed by atoms with E-state index in [1.807, 2.05) is 19.1 Å². The molecule has 0 saturated carbocycles. The maximum Gasteiger partial charge on any atom is 0.231 e. The molecule has 104 valence electrons. The van der Waals surface area contributed by atoms with Gasteiger partial charge in [-0.3, -0.25) is 0 Å². The fourth-order valence-corrected chi connectivity index (χ4v) is 2.58. The highest BCUT2D eigenvalue weighted by molar-refractivity contribution is 6.32. The molecule has 20 heavy (non-hydrogen) atoms. The standard InChI is InChI=1S/C15H12Cl2O3/c1-8-2-3-9(4-11(8)16)14(18)10-5-12(17)15-13(6-10)19-7-20-15/h2-6,14,18H,7H2,1H3. The molecular formula is C15H12Cl2O3. The van der Waals surface area contributed by atoms with Crippen molar-refractivity contribution in [2.75, 3.05) is 6.79 Å². The summed E-state index contributed by atoms with van der Waals surface area (Å²) in [4.78, 5) is 0. The van der Waals surface area contributed by atoms with Crippen molar-refractivity contribution < 1.29 is 14.6 Å². The Labute approximate surface area is 126 Å². The smallest absolute Gasteiger partial charge is 0.231 e. The number of halogens is 2. The number of aryl methyl sites for hydroxylation is 1. The van der Waals surface area contributed by atoms with Gasteiger partial charge in [-0.05, 0) is 41.8 Å². The highest BCUT2D eigenvalue weighted by Gasteiger charge is 2.21. The number of hydrogen-bond donors (Lipinski definition) is 1. The minimum Gasteiger partial charge on any atom is -0.454 e. The predicted octanol–water partition coefficient (Wildman–Crippen LogP) is 4.11. The highest BCUT2D eigenvalue weighted by atomic mass is 35.5. The van der Waals surface area contributed by atoms with Crippen molar-refractivity contribution in [1.29, 1.82) is 0 Å². The molecule has 0 spiro atoms. The fourth-order valence-electron chi connectivity index (χ4n) is 2.12. The lowest BCUT2D eigenvalue weighted by molar-refractivity contribution is 0.173. The van der Waals surface area contributed by atoms with E-state index in [1.165, 1.54) is 0 Å². The summed E-state index contributed by atoms with van der Waals surface area (Å²) in [5.74, 6) is 1.06. The Morgan fingerprint density at radius 1 is 1.05 bits per heavy atom. The van der Waals surface area contributed by atoms with Crippen molar-refractivity contribution in [2.45, 2.75) is 13.0 Å². The Morgan fingerprint density at radius 2 is 1.80 bits per heavy atom. The summed E-state index contributed by atoms with van der Waals surface area (Å²) in [6, 6.07) is 8.86. The molecule has 1 N–H and O–H groups in total. The van der Waals surface area contributed by atoms with Crippen LogP contribution < -0.4 is 9.47 Å². The average Bonchev–Trinajstić information content (AvgIpc) is 2.90. The van der Waals surface area contributed by atoms with E-state index in [0.717, 1.165) is 5.56 Å². The minimum atomic E-state index is -0.819. The molecule has 1 unspecified atom stereocenters. The minimum absolute atomic E-state index is 0.144. The number of fused-ring (bicyclic) bond motifs is 1. The predicted molar refractivity (Wildman–Crippen MR) is 77.8 cm³/mol. The van der Waals surface area contributed by atoms with Gasteiger partial charge in [-0.2, -0.15) is 0 Å². The van der Waals surface area contributed by atoms with Crippen LogP contribution in [0.25, 0.3) is 0 Å². The van der Waals surface area contributed by atoms with Crippen LogP contribution in [0, 0.1) is 6.92 Å². The number of benzene rings is 2. The van der Waals surface area contributed by atoms with Gasteiger partial charge in [0.05, 0.1) is 5.02 Å². The van der Waals surface area contributed by atoms with Gasteiger partial charge in [0, 0.05) is 5.02 Å². The van der Waals surface area contributed by atoms with E-state index in [4.69, 9.17) is 32.7 Å². The topological polar surface area (TPSA) is 38.7 Å². The molecule has 0 bridgehead atoms. The quantitative estimate of drug-likeness (QED) is 0.907. The molecule has 1 heterocycles. The zero-order chi connectivity index (χ0) is 14.3. The summed E-state index contributed by atoms with van der Waals surface area (Å²) in [5, 5.41) is 11.5. The fraction of sp³-hybridized carbons (Fsp3) is 0.200. The molecule has 1 atom stereocenters. The van der Waals surface area contributed by atoms with E-state index in [1.54, 1.807) is 18.2 Å². The number of aliphatic hydroxyl groups is 1. The first kappa shape index (κ1) is 13.6. The Morgan fingerprint density at radius 3 is 2.55 bits per heavy atom. The molecule has 0 amide bonds. The van der Waals surface area contributed by atoms with Gasteiger partial charge >= 0.3 is 0 Å². The monoisotopic (exact) mass is 310 g/mol. The third kappa shape index (κ3) is 2.33. The number of rotatable bonds is 2. The van der Waals surface area contributed by atoms with Crippen LogP contribution in [-0.4, -0.2) is 11.9 Å². The first-order chi connectivity index (χ1) is 9.56. The Hall–Kier alpha value is -1.42. The lowest BCUT2D eigenvalue weighted by Crippen LogP contribution is -2.00. The van der Waals surface area contributed by atoms with E-state index in [9.17, 15) is 5.11 Å². The number of hydrogen-bond acceptors (Lipinski definition) is 3. The SMILES string of the molecule is Cc1ccc(C(O)c2cc(Cl)c3c(c2)OCO3)cc1Cl. The highest BCUT2D eigenvalue weighted by Crippen LogP contribution is 2.42. The lowest BCUT2D eigenvalue weighted by atomic mass is 10.00. The van der Waals surface area contributed by atoms with Crippen LogP contribution in [0.5, 0.6) is 11.5 Å². The third-order valence-corrected chi connectivity index (χ3v) is 3.96. The van der Waals surface area contributed by atoms with Crippen molar-refractivity contribution in [2.24, 2.45) is 0 Å². The van der Waals surface area contributed by atoms with Gasteiger partial charge in [-0.1, -0.05) is 35.3 Å². The Balaban J connectivity index is 2.00. The summed E-state index contributed by atoms with van der Waals surface area (Å²) in [6.07, 6.45) is -0.819. The molecule has 2 aromatic rings. The zero-order valence-corrected chi connectivity index (χ0v) is 12.2. The number of ether oxygens (including phenoxy) is 2. The first-order valence-electron chi connectivity index (χ1n) is 6.09. The molecule has 3 rings (SSSR count).